The molecule has 0 radical (unpaired) electrons. The molecule has 1 saturated heterocycles. The predicted octanol–water partition coefficient (Wildman–Crippen LogP) is 1.41. The molecule has 1 aromatic rings. The van der Waals surface area contributed by atoms with Gasteiger partial charge >= 0.3 is 11.9 Å². The van der Waals surface area contributed by atoms with Gasteiger partial charge in [0.25, 0.3) is 5.91 Å². The van der Waals surface area contributed by atoms with Crippen LogP contribution in [0.15, 0.2) is 18.2 Å². The second-order valence-corrected chi connectivity index (χ2v) is 9.16. The Hall–Kier alpha value is -2.26. The summed E-state index contributed by atoms with van der Waals surface area (Å²) in [5.41, 5.74) is 0.788. The predicted molar refractivity (Wildman–Crippen MR) is 110 cm³/mol. The summed E-state index contributed by atoms with van der Waals surface area (Å²) in [4.78, 5) is 36.8. The van der Waals surface area contributed by atoms with E-state index in [1.807, 2.05) is 13.8 Å². The number of fused-ring (bicyclic) bond motifs is 1. The van der Waals surface area contributed by atoms with Gasteiger partial charge in [-0.25, -0.2) is 4.79 Å². The zero-order valence-corrected chi connectivity index (χ0v) is 18.0. The van der Waals surface area contributed by atoms with E-state index in [0.29, 0.717) is 18.4 Å². The number of benzene rings is 1. The Morgan fingerprint density at radius 1 is 1.27 bits per heavy atom. The van der Waals surface area contributed by atoms with Crippen LogP contribution in [0.25, 0.3) is 0 Å². The first-order valence-corrected chi connectivity index (χ1v) is 11.2. The minimum absolute atomic E-state index is 0.137. The van der Waals surface area contributed by atoms with Crippen LogP contribution in [0.5, 0.6) is 5.75 Å². The summed E-state index contributed by atoms with van der Waals surface area (Å²) < 4.78 is 10.7. The third-order valence-electron chi connectivity index (χ3n) is 5.40. The van der Waals surface area contributed by atoms with Crippen LogP contribution >= 0.6 is 11.8 Å². The van der Waals surface area contributed by atoms with Gasteiger partial charge in [0, 0.05) is 6.42 Å². The van der Waals surface area contributed by atoms with Crippen molar-refractivity contribution < 1.29 is 34.1 Å². The Morgan fingerprint density at radius 2 is 2.00 bits per heavy atom. The molecule has 3 rings (SSSR count). The number of hydrogen-bond donors (Lipinski definition) is 3. The second-order valence-electron chi connectivity index (χ2n) is 8.08. The van der Waals surface area contributed by atoms with Gasteiger partial charge in [0.15, 0.2) is 6.10 Å². The number of esters is 2. The number of phenolic OH excluding ortho intramolecular Hbond substituents is 1. The highest BCUT2D eigenvalue weighted by Crippen LogP contribution is 2.31. The number of thioether (sulfide) groups is 1. The minimum atomic E-state index is -1.51. The number of aliphatic hydroxyl groups is 1. The molecule has 1 aromatic carbocycles. The average Bonchev–Trinajstić information content (AvgIpc) is 3.07. The van der Waals surface area contributed by atoms with Crippen LogP contribution in [0, 0.1) is 5.92 Å². The van der Waals surface area contributed by atoms with Gasteiger partial charge in [-0.1, -0.05) is 26.0 Å². The normalized spacial score (nSPS) is 25.3. The highest BCUT2D eigenvalue weighted by Gasteiger charge is 2.43. The monoisotopic (exact) mass is 437 g/mol. The molecule has 164 valence electrons. The molecule has 2 aliphatic heterocycles. The Bertz CT molecular complexity index is 828. The van der Waals surface area contributed by atoms with Gasteiger partial charge in [0.1, 0.15) is 23.5 Å². The molecule has 3 N–H and O–H groups in total. The minimum Gasteiger partial charge on any atom is -0.507 e. The summed E-state index contributed by atoms with van der Waals surface area (Å²) in [6, 6.07) is 4.28. The molecule has 0 unspecified atom stereocenters. The van der Waals surface area contributed by atoms with Crippen LogP contribution in [-0.2, 0) is 25.5 Å². The van der Waals surface area contributed by atoms with Crippen molar-refractivity contribution in [3.63, 3.8) is 0 Å². The highest BCUT2D eigenvalue weighted by molar-refractivity contribution is 7.99. The lowest BCUT2D eigenvalue weighted by molar-refractivity contribution is -0.150. The Labute approximate surface area is 179 Å². The lowest BCUT2D eigenvalue weighted by atomic mass is 9.90. The van der Waals surface area contributed by atoms with Crippen molar-refractivity contribution >= 4 is 29.6 Å². The lowest BCUT2D eigenvalue weighted by Gasteiger charge is -2.33. The highest BCUT2D eigenvalue weighted by atomic mass is 32.2. The Morgan fingerprint density at radius 3 is 2.67 bits per heavy atom. The van der Waals surface area contributed by atoms with Crippen molar-refractivity contribution in [1.82, 2.24) is 5.32 Å². The van der Waals surface area contributed by atoms with Crippen molar-refractivity contribution in [2.75, 3.05) is 6.26 Å². The van der Waals surface area contributed by atoms with Crippen molar-refractivity contribution in [3.8, 4) is 5.75 Å². The summed E-state index contributed by atoms with van der Waals surface area (Å²) >= 11 is 1.36. The van der Waals surface area contributed by atoms with E-state index >= 15 is 0 Å². The molecule has 30 heavy (non-hydrogen) atoms. The van der Waals surface area contributed by atoms with Crippen LogP contribution in [0.2, 0.25) is 0 Å². The number of phenols is 1. The lowest BCUT2D eigenvalue weighted by Crippen LogP contribution is -2.54. The van der Waals surface area contributed by atoms with E-state index in [1.54, 1.807) is 18.4 Å². The molecule has 0 saturated carbocycles. The number of ether oxygens (including phenoxy) is 2. The van der Waals surface area contributed by atoms with Gasteiger partial charge in [-0.15, -0.1) is 0 Å². The number of nitrogens with one attached hydrogen (secondary N) is 1. The van der Waals surface area contributed by atoms with Crippen LogP contribution in [0.3, 0.4) is 0 Å². The number of cyclic esters (lactones) is 2. The summed E-state index contributed by atoms with van der Waals surface area (Å²) in [6.07, 6.45) is -0.298. The fraction of sp³-hybridized carbons (Fsp3) is 0.571. The maximum Gasteiger partial charge on any atom is 0.342 e. The number of carbonyl (C=O) groups is 3. The van der Waals surface area contributed by atoms with E-state index in [2.05, 4.69) is 5.32 Å². The molecule has 1 fully saturated rings. The zero-order chi connectivity index (χ0) is 22.0. The molecule has 8 nitrogen and oxygen atoms in total. The summed E-state index contributed by atoms with van der Waals surface area (Å²) in [5, 5.41) is 23.0. The molecule has 2 aliphatic rings. The standard InChI is InChI=1S/C21H27NO7S/c1-10(2)7-12(14-8-11-5-4-6-13(23)17(11)21(27)28-14)22-20(26)18(25)19-15(30-3)9-16(24)29-19/h4-6,10,12,14-15,18-19,23,25H,7-9H2,1-3H3,(H,22,26)/t12-,14-,15+,18-,19+/m0/s1. The number of hydrogen-bond acceptors (Lipinski definition) is 8. The Kier molecular flexibility index (Phi) is 6.92. The van der Waals surface area contributed by atoms with Gasteiger partial charge in [0.2, 0.25) is 0 Å². The number of aromatic hydroxyl groups is 1. The molecule has 5 atom stereocenters. The zero-order valence-electron chi connectivity index (χ0n) is 17.2. The third kappa shape index (κ3) is 4.73. The van der Waals surface area contributed by atoms with Crippen molar-refractivity contribution in [1.29, 1.82) is 0 Å². The van der Waals surface area contributed by atoms with Gasteiger partial charge in [0.05, 0.1) is 17.7 Å². The molecule has 1 amide bonds. The topological polar surface area (TPSA) is 122 Å². The molecule has 0 spiro atoms. The number of amides is 1. The number of rotatable bonds is 7. The van der Waals surface area contributed by atoms with Crippen molar-refractivity contribution in [2.45, 2.75) is 62.7 Å². The maximum atomic E-state index is 12.8. The first-order chi connectivity index (χ1) is 14.2. The van der Waals surface area contributed by atoms with Gasteiger partial charge < -0.3 is 25.0 Å². The molecular weight excluding hydrogens is 410 g/mol. The quantitative estimate of drug-likeness (QED) is 0.548. The fourth-order valence-corrected chi connectivity index (χ4v) is 4.72. The molecular formula is C21H27NO7S. The fourth-order valence-electron chi connectivity index (χ4n) is 3.94. The SMILES string of the molecule is CS[C@@H]1CC(=O)O[C@H]1[C@H](O)C(=O)N[C@@H](CC(C)C)[C@@H]1Cc2cccc(O)c2C(=O)O1. The van der Waals surface area contributed by atoms with Crippen LogP contribution in [-0.4, -0.2) is 63.9 Å². The average molecular weight is 438 g/mol. The molecule has 0 bridgehead atoms. The van der Waals surface area contributed by atoms with E-state index in [1.165, 1.54) is 17.8 Å². The molecule has 0 aromatic heterocycles. The van der Waals surface area contributed by atoms with Crippen LogP contribution < -0.4 is 5.32 Å². The maximum absolute atomic E-state index is 12.8. The summed E-state index contributed by atoms with van der Waals surface area (Å²) in [7, 11) is 0. The van der Waals surface area contributed by atoms with E-state index in [9.17, 15) is 24.6 Å². The van der Waals surface area contributed by atoms with E-state index in [-0.39, 0.29) is 28.9 Å². The molecule has 2 heterocycles. The van der Waals surface area contributed by atoms with E-state index in [0.717, 1.165) is 0 Å². The largest absolute Gasteiger partial charge is 0.507 e. The molecule has 9 heteroatoms. The van der Waals surface area contributed by atoms with Gasteiger partial charge in [-0.3, -0.25) is 9.59 Å². The first-order valence-electron chi connectivity index (χ1n) is 9.93. The molecule has 0 aliphatic carbocycles. The third-order valence-corrected chi connectivity index (χ3v) is 6.44. The smallest absolute Gasteiger partial charge is 0.342 e. The van der Waals surface area contributed by atoms with Gasteiger partial charge in [-0.05, 0) is 30.2 Å². The van der Waals surface area contributed by atoms with E-state index in [4.69, 9.17) is 9.47 Å². The van der Waals surface area contributed by atoms with Crippen molar-refractivity contribution in [2.24, 2.45) is 5.92 Å². The number of carbonyl (C=O) groups excluding carboxylic acids is 3. The Balaban J connectivity index is 1.76. The second kappa shape index (κ2) is 9.26. The van der Waals surface area contributed by atoms with Gasteiger partial charge in [-0.2, -0.15) is 11.8 Å². The van der Waals surface area contributed by atoms with E-state index < -0.39 is 42.2 Å². The summed E-state index contributed by atoms with van der Waals surface area (Å²) in [6.45, 7) is 3.95. The first kappa shape index (κ1) is 22.4. The van der Waals surface area contributed by atoms with Crippen molar-refractivity contribution in [3.05, 3.63) is 29.3 Å². The number of aliphatic hydroxyl groups excluding tert-OH is 1. The van der Waals surface area contributed by atoms with Crippen LogP contribution in [0.4, 0.5) is 0 Å². The summed E-state index contributed by atoms with van der Waals surface area (Å²) in [5.74, 6) is -1.71. The van der Waals surface area contributed by atoms with Crippen LogP contribution in [0.1, 0.15) is 42.6 Å².